The largest absolute Gasteiger partial charge is 0.327 e. The number of carbonyl (C=O) groups is 2. The van der Waals surface area contributed by atoms with Gasteiger partial charge in [0.1, 0.15) is 5.54 Å². The van der Waals surface area contributed by atoms with E-state index in [-0.39, 0.29) is 11.9 Å². The number of likely N-dealkylation sites (N-methyl/N-ethyl adjacent to an activating group) is 1. The number of urea groups is 1. The van der Waals surface area contributed by atoms with E-state index in [9.17, 15) is 9.59 Å². The van der Waals surface area contributed by atoms with Crippen LogP contribution >= 0.6 is 12.6 Å². The molecule has 15 heavy (non-hydrogen) atoms. The molecule has 0 spiro atoms. The molecule has 1 rings (SSSR count). The third kappa shape index (κ3) is 1.73. The molecule has 0 N–H and O–H groups in total. The Labute approximate surface area is 96.0 Å². The fraction of sp³-hybridized carbons (Fsp3) is 0.800. The Hall–Kier alpha value is -0.710. The molecule has 0 saturated carbocycles. The van der Waals surface area contributed by atoms with Crippen LogP contribution in [0.2, 0.25) is 0 Å². The number of nitrogens with zero attached hydrogens (tertiary/aromatic N) is 2. The normalized spacial score (nSPS) is 26.7. The van der Waals surface area contributed by atoms with Crippen LogP contribution in [0.15, 0.2) is 0 Å². The molecular weight excluding hydrogens is 212 g/mol. The van der Waals surface area contributed by atoms with Crippen molar-refractivity contribution >= 4 is 24.6 Å². The third-order valence-electron chi connectivity index (χ3n) is 2.83. The van der Waals surface area contributed by atoms with Gasteiger partial charge in [0, 0.05) is 18.8 Å². The van der Waals surface area contributed by atoms with Crippen LogP contribution in [0.25, 0.3) is 0 Å². The molecule has 0 aliphatic carbocycles. The van der Waals surface area contributed by atoms with E-state index in [2.05, 4.69) is 12.6 Å². The molecule has 3 amide bonds. The number of carbonyl (C=O) groups excluding carboxylic acids is 2. The second kappa shape index (κ2) is 4.43. The van der Waals surface area contributed by atoms with Crippen molar-refractivity contribution in [1.29, 1.82) is 0 Å². The van der Waals surface area contributed by atoms with Gasteiger partial charge in [0.15, 0.2) is 0 Å². The highest BCUT2D eigenvalue weighted by atomic mass is 32.1. The number of imide groups is 1. The summed E-state index contributed by atoms with van der Waals surface area (Å²) in [6, 6.07) is -0.180. The molecule has 1 heterocycles. The van der Waals surface area contributed by atoms with Crippen molar-refractivity contribution < 1.29 is 9.59 Å². The Morgan fingerprint density at radius 2 is 1.93 bits per heavy atom. The minimum Gasteiger partial charge on any atom is -0.309 e. The first-order valence-electron chi connectivity index (χ1n) is 5.27. The number of thiol groups is 1. The summed E-state index contributed by atoms with van der Waals surface area (Å²) < 4.78 is 0. The van der Waals surface area contributed by atoms with E-state index in [0.29, 0.717) is 18.8 Å². The molecule has 1 fully saturated rings. The summed E-state index contributed by atoms with van der Waals surface area (Å²) in [7, 11) is 0. The lowest BCUT2D eigenvalue weighted by molar-refractivity contribution is -0.131. The van der Waals surface area contributed by atoms with Gasteiger partial charge >= 0.3 is 6.03 Å². The maximum Gasteiger partial charge on any atom is 0.327 e. The molecule has 1 atom stereocenters. The highest BCUT2D eigenvalue weighted by Crippen LogP contribution is 2.28. The standard InChI is InChI=1S/C10H18N2O2S/c1-4-6-11-8(13)10(3,7-15)12(5-2)9(11)14/h15H,4-7H2,1-3H3. The lowest BCUT2D eigenvalue weighted by Crippen LogP contribution is -2.48. The smallest absolute Gasteiger partial charge is 0.309 e. The van der Waals surface area contributed by atoms with E-state index in [1.807, 2.05) is 13.8 Å². The highest BCUT2D eigenvalue weighted by molar-refractivity contribution is 7.80. The maximum atomic E-state index is 12.0. The van der Waals surface area contributed by atoms with Crippen LogP contribution in [0, 0.1) is 0 Å². The first-order chi connectivity index (χ1) is 7.02. The van der Waals surface area contributed by atoms with Crippen molar-refractivity contribution in [3.8, 4) is 0 Å². The van der Waals surface area contributed by atoms with Gasteiger partial charge in [0.2, 0.25) is 0 Å². The number of hydrogen-bond donors (Lipinski definition) is 1. The first-order valence-corrected chi connectivity index (χ1v) is 5.90. The van der Waals surface area contributed by atoms with Crippen molar-refractivity contribution in [2.24, 2.45) is 0 Å². The molecule has 0 aromatic heterocycles. The Bertz CT molecular complexity index is 283. The minimum absolute atomic E-state index is 0.119. The molecule has 0 bridgehead atoms. The SMILES string of the molecule is CCCN1C(=O)N(CC)C(C)(CS)C1=O. The van der Waals surface area contributed by atoms with Crippen molar-refractivity contribution in [1.82, 2.24) is 9.80 Å². The van der Waals surface area contributed by atoms with Crippen LogP contribution in [0.5, 0.6) is 0 Å². The number of hydrogen-bond acceptors (Lipinski definition) is 3. The van der Waals surface area contributed by atoms with Gasteiger partial charge in [0.05, 0.1) is 0 Å². The zero-order valence-corrected chi connectivity index (χ0v) is 10.4. The van der Waals surface area contributed by atoms with Crippen LogP contribution in [0.4, 0.5) is 4.79 Å². The summed E-state index contributed by atoms with van der Waals surface area (Å²) in [4.78, 5) is 26.9. The van der Waals surface area contributed by atoms with Crippen molar-refractivity contribution in [3.63, 3.8) is 0 Å². The van der Waals surface area contributed by atoms with E-state index in [0.717, 1.165) is 6.42 Å². The summed E-state index contributed by atoms with van der Waals surface area (Å²) in [6.45, 7) is 6.65. The second-order valence-electron chi connectivity index (χ2n) is 3.92. The number of rotatable bonds is 4. The zero-order valence-electron chi connectivity index (χ0n) is 9.49. The number of amides is 3. The average molecular weight is 230 g/mol. The van der Waals surface area contributed by atoms with Crippen LogP contribution < -0.4 is 0 Å². The van der Waals surface area contributed by atoms with E-state index in [4.69, 9.17) is 0 Å². The van der Waals surface area contributed by atoms with Crippen LogP contribution in [-0.2, 0) is 4.79 Å². The molecule has 4 nitrogen and oxygen atoms in total. The Balaban J connectivity index is 3.01. The van der Waals surface area contributed by atoms with Crippen molar-refractivity contribution in [2.45, 2.75) is 32.7 Å². The fourth-order valence-corrected chi connectivity index (χ4v) is 2.21. The summed E-state index contributed by atoms with van der Waals surface area (Å²) in [5.74, 6) is 0.247. The lowest BCUT2D eigenvalue weighted by Gasteiger charge is -2.28. The van der Waals surface area contributed by atoms with Gasteiger partial charge in [0.25, 0.3) is 5.91 Å². The molecule has 86 valence electrons. The molecule has 0 aromatic rings. The summed E-state index contributed by atoms with van der Waals surface area (Å²) in [5.41, 5.74) is -0.760. The third-order valence-corrected chi connectivity index (χ3v) is 3.45. The quantitative estimate of drug-likeness (QED) is 0.585. The fourth-order valence-electron chi connectivity index (χ4n) is 1.91. The molecule has 0 aromatic carbocycles. The summed E-state index contributed by atoms with van der Waals surface area (Å²) >= 11 is 4.18. The maximum absolute atomic E-state index is 12.0. The zero-order chi connectivity index (χ0) is 11.6. The molecule has 1 aliphatic rings. The Morgan fingerprint density at radius 1 is 1.33 bits per heavy atom. The molecule has 1 saturated heterocycles. The van der Waals surface area contributed by atoms with E-state index in [1.54, 1.807) is 11.8 Å². The second-order valence-corrected chi connectivity index (χ2v) is 4.23. The Morgan fingerprint density at radius 3 is 2.27 bits per heavy atom. The predicted octanol–water partition coefficient (Wildman–Crippen LogP) is 1.37. The average Bonchev–Trinajstić information content (AvgIpc) is 2.41. The topological polar surface area (TPSA) is 40.6 Å². The van der Waals surface area contributed by atoms with E-state index >= 15 is 0 Å². The first kappa shape index (κ1) is 12.4. The van der Waals surface area contributed by atoms with Crippen LogP contribution in [-0.4, -0.2) is 46.1 Å². The van der Waals surface area contributed by atoms with Crippen molar-refractivity contribution in [2.75, 3.05) is 18.8 Å². The van der Waals surface area contributed by atoms with Crippen LogP contribution in [0.3, 0.4) is 0 Å². The van der Waals surface area contributed by atoms with Gasteiger partial charge in [-0.3, -0.25) is 9.69 Å². The van der Waals surface area contributed by atoms with Gasteiger partial charge in [-0.1, -0.05) is 6.92 Å². The van der Waals surface area contributed by atoms with E-state index in [1.165, 1.54) is 4.90 Å². The molecule has 1 aliphatic heterocycles. The van der Waals surface area contributed by atoms with Gasteiger partial charge in [-0.05, 0) is 20.3 Å². The van der Waals surface area contributed by atoms with Gasteiger partial charge in [-0.25, -0.2) is 4.79 Å². The monoisotopic (exact) mass is 230 g/mol. The minimum atomic E-state index is -0.760. The highest BCUT2D eigenvalue weighted by Gasteiger charge is 2.52. The van der Waals surface area contributed by atoms with Gasteiger partial charge in [-0.2, -0.15) is 12.6 Å². The molecule has 0 radical (unpaired) electrons. The van der Waals surface area contributed by atoms with Crippen LogP contribution in [0.1, 0.15) is 27.2 Å². The van der Waals surface area contributed by atoms with Gasteiger partial charge in [-0.15, -0.1) is 0 Å². The summed E-state index contributed by atoms with van der Waals surface area (Å²) in [6.07, 6.45) is 0.789. The summed E-state index contributed by atoms with van der Waals surface area (Å²) in [5, 5.41) is 0. The predicted molar refractivity (Wildman–Crippen MR) is 62.0 cm³/mol. The Kier molecular flexibility index (Phi) is 3.65. The molecule has 5 heteroatoms. The van der Waals surface area contributed by atoms with Gasteiger partial charge < -0.3 is 4.90 Å². The lowest BCUT2D eigenvalue weighted by atomic mass is 10.0. The van der Waals surface area contributed by atoms with Crippen molar-refractivity contribution in [3.05, 3.63) is 0 Å². The molecular formula is C10H18N2O2S. The molecule has 1 unspecified atom stereocenters. The van der Waals surface area contributed by atoms with E-state index < -0.39 is 5.54 Å².